The van der Waals surface area contributed by atoms with Crippen LogP contribution in [0.3, 0.4) is 0 Å². The summed E-state index contributed by atoms with van der Waals surface area (Å²) in [6.07, 6.45) is 4.26. The van der Waals surface area contributed by atoms with Gasteiger partial charge in [0, 0.05) is 34.8 Å². The summed E-state index contributed by atoms with van der Waals surface area (Å²) in [5.41, 5.74) is 21.1. The highest BCUT2D eigenvalue weighted by Crippen LogP contribution is 2.36. The van der Waals surface area contributed by atoms with Gasteiger partial charge in [-0.15, -0.1) is 0 Å². The van der Waals surface area contributed by atoms with Crippen LogP contribution in [0.5, 0.6) is 0 Å². The Balaban J connectivity index is 1.39. The third kappa shape index (κ3) is 3.02. The Kier molecular flexibility index (Phi) is 4.34. The van der Waals surface area contributed by atoms with Gasteiger partial charge in [0.05, 0.1) is 12.1 Å². The minimum Gasteiger partial charge on any atom is -0.366 e. The summed E-state index contributed by atoms with van der Waals surface area (Å²) in [5, 5.41) is 5.92. The number of benzene rings is 1. The normalized spacial score (nSPS) is 38.2. The van der Waals surface area contributed by atoms with E-state index in [1.165, 1.54) is 0 Å². The fraction of sp³-hybridized carbons (Fsp3) is 0.500. The van der Waals surface area contributed by atoms with Crippen LogP contribution in [0, 0.1) is 5.92 Å². The Hall–Kier alpha value is -1.68. The molecule has 1 aromatic carbocycles. The molecule has 4 aliphatic rings. The van der Waals surface area contributed by atoms with Crippen molar-refractivity contribution in [2.24, 2.45) is 11.7 Å². The maximum atomic E-state index is 12.8. The number of amides is 1. The SMILES string of the molecule is NC1NN2C(=O)C=C(C3CCC4NNNC4C3)NC2C1c1ccc(Cl)cc1. The van der Waals surface area contributed by atoms with Gasteiger partial charge in [0.25, 0.3) is 5.91 Å². The molecule has 1 amide bonds. The molecule has 0 aromatic heterocycles. The Morgan fingerprint density at radius 1 is 1.11 bits per heavy atom. The first kappa shape index (κ1) is 17.4. The minimum atomic E-state index is -0.346. The summed E-state index contributed by atoms with van der Waals surface area (Å²) >= 11 is 6.03. The molecule has 8 nitrogen and oxygen atoms in total. The predicted octanol–water partition coefficient (Wildman–Crippen LogP) is 0.0181. The number of rotatable bonds is 2. The first-order valence-electron chi connectivity index (χ1n) is 9.45. The van der Waals surface area contributed by atoms with Crippen LogP contribution < -0.4 is 32.9 Å². The quantitative estimate of drug-likeness (QED) is 0.423. The summed E-state index contributed by atoms with van der Waals surface area (Å²) in [6, 6.07) is 8.50. The van der Waals surface area contributed by atoms with Gasteiger partial charge < -0.3 is 11.1 Å². The van der Waals surface area contributed by atoms with Crippen LogP contribution in [0.1, 0.15) is 30.7 Å². The highest BCUT2D eigenvalue weighted by Gasteiger charge is 2.46. The zero-order chi connectivity index (χ0) is 18.5. The van der Waals surface area contributed by atoms with Gasteiger partial charge >= 0.3 is 0 Å². The van der Waals surface area contributed by atoms with Gasteiger partial charge in [-0.25, -0.2) is 21.3 Å². The van der Waals surface area contributed by atoms with E-state index in [4.69, 9.17) is 17.3 Å². The molecule has 3 fully saturated rings. The van der Waals surface area contributed by atoms with E-state index < -0.39 is 0 Å². The molecule has 0 spiro atoms. The predicted molar refractivity (Wildman–Crippen MR) is 101 cm³/mol. The molecule has 144 valence electrons. The number of nitrogens with zero attached hydrogens (tertiary/aromatic N) is 1. The smallest absolute Gasteiger partial charge is 0.264 e. The lowest BCUT2D eigenvalue weighted by atomic mass is 9.80. The maximum absolute atomic E-state index is 12.8. The van der Waals surface area contributed by atoms with E-state index in [-0.39, 0.29) is 24.2 Å². The van der Waals surface area contributed by atoms with E-state index in [0.29, 0.717) is 23.0 Å². The number of halogens is 1. The van der Waals surface area contributed by atoms with E-state index in [9.17, 15) is 4.79 Å². The van der Waals surface area contributed by atoms with Crippen LogP contribution in [0.2, 0.25) is 5.02 Å². The monoisotopic (exact) mass is 389 g/mol. The molecule has 27 heavy (non-hydrogen) atoms. The van der Waals surface area contributed by atoms with Crippen molar-refractivity contribution in [2.45, 2.75) is 49.6 Å². The minimum absolute atomic E-state index is 0.0431. The standard InChI is InChI=1S/C18H24ClN7O/c19-11-4-1-9(2-5-11)16-17(20)24-26-15(27)8-13(21-18(16)26)10-3-6-12-14(7-10)23-25-22-12/h1-2,4-5,8,10,12,14,16-18,21-25H,3,6-7,20H2. The average molecular weight is 390 g/mol. The second-order valence-corrected chi connectivity index (χ2v) is 8.20. The lowest BCUT2D eigenvalue weighted by molar-refractivity contribution is -0.131. The van der Waals surface area contributed by atoms with Crippen molar-refractivity contribution in [1.82, 2.24) is 32.1 Å². The fourth-order valence-electron chi connectivity index (χ4n) is 4.77. The molecule has 3 heterocycles. The van der Waals surface area contributed by atoms with Crippen LogP contribution in [0.15, 0.2) is 36.0 Å². The van der Waals surface area contributed by atoms with E-state index in [2.05, 4.69) is 27.1 Å². The van der Waals surface area contributed by atoms with Crippen LogP contribution in [0.25, 0.3) is 0 Å². The van der Waals surface area contributed by atoms with E-state index in [0.717, 1.165) is 30.5 Å². The van der Waals surface area contributed by atoms with Crippen LogP contribution in [0.4, 0.5) is 0 Å². The van der Waals surface area contributed by atoms with Crippen molar-refractivity contribution in [3.8, 4) is 0 Å². The van der Waals surface area contributed by atoms with Gasteiger partial charge in [-0.3, -0.25) is 4.79 Å². The van der Waals surface area contributed by atoms with Gasteiger partial charge in [-0.2, -0.15) is 5.53 Å². The highest BCUT2D eigenvalue weighted by molar-refractivity contribution is 6.30. The fourth-order valence-corrected chi connectivity index (χ4v) is 4.90. The molecule has 0 radical (unpaired) electrons. The van der Waals surface area contributed by atoms with Gasteiger partial charge in [0.15, 0.2) is 0 Å². The summed E-state index contributed by atoms with van der Waals surface area (Å²) in [6.45, 7) is 0. The number of nitrogens with two attached hydrogens (primary N) is 1. The third-order valence-corrected chi connectivity index (χ3v) is 6.44. The molecule has 6 atom stereocenters. The second-order valence-electron chi connectivity index (χ2n) is 7.77. The molecule has 7 N–H and O–H groups in total. The Morgan fingerprint density at radius 3 is 2.70 bits per heavy atom. The average Bonchev–Trinajstić information content (AvgIpc) is 3.26. The number of carbonyl (C=O) groups is 1. The number of allylic oxidation sites excluding steroid dienone is 1. The maximum Gasteiger partial charge on any atom is 0.264 e. The molecule has 1 aromatic rings. The molecular weight excluding hydrogens is 366 g/mol. The van der Waals surface area contributed by atoms with Gasteiger partial charge in [-0.05, 0) is 37.0 Å². The van der Waals surface area contributed by atoms with Crippen molar-refractivity contribution in [2.75, 3.05) is 0 Å². The van der Waals surface area contributed by atoms with Crippen LogP contribution >= 0.6 is 11.6 Å². The highest BCUT2D eigenvalue weighted by atomic mass is 35.5. The summed E-state index contributed by atoms with van der Waals surface area (Å²) in [7, 11) is 0. The van der Waals surface area contributed by atoms with Gasteiger partial charge in [-0.1, -0.05) is 23.7 Å². The molecule has 5 rings (SSSR count). The third-order valence-electron chi connectivity index (χ3n) is 6.18. The number of hydrogen-bond donors (Lipinski definition) is 6. The van der Waals surface area contributed by atoms with E-state index in [1.807, 2.05) is 24.3 Å². The molecule has 1 aliphatic carbocycles. The number of hydrazine groups is 3. The summed E-state index contributed by atoms with van der Waals surface area (Å²) in [4.78, 5) is 12.8. The van der Waals surface area contributed by atoms with Crippen LogP contribution in [-0.4, -0.2) is 35.3 Å². The number of nitrogens with one attached hydrogen (secondary N) is 5. The first-order chi connectivity index (χ1) is 13.1. The zero-order valence-corrected chi connectivity index (χ0v) is 15.5. The molecule has 9 heteroatoms. The zero-order valence-electron chi connectivity index (χ0n) is 14.8. The van der Waals surface area contributed by atoms with Crippen molar-refractivity contribution < 1.29 is 4.79 Å². The molecule has 0 bridgehead atoms. The second kappa shape index (κ2) is 6.73. The summed E-state index contributed by atoms with van der Waals surface area (Å²) in [5.74, 6) is 0.229. The van der Waals surface area contributed by atoms with E-state index in [1.54, 1.807) is 11.1 Å². The Morgan fingerprint density at radius 2 is 1.89 bits per heavy atom. The molecule has 1 saturated carbocycles. The number of hydrogen-bond acceptors (Lipinski definition) is 7. The van der Waals surface area contributed by atoms with E-state index >= 15 is 0 Å². The topological polar surface area (TPSA) is 106 Å². The summed E-state index contributed by atoms with van der Waals surface area (Å²) < 4.78 is 0. The van der Waals surface area contributed by atoms with Crippen molar-refractivity contribution in [1.29, 1.82) is 0 Å². The molecule has 6 unspecified atom stereocenters. The van der Waals surface area contributed by atoms with Gasteiger partial charge in [0.2, 0.25) is 0 Å². The molecular formula is C18H24ClN7O. The van der Waals surface area contributed by atoms with Crippen LogP contribution in [-0.2, 0) is 4.79 Å². The number of fused-ring (bicyclic) bond motifs is 2. The Labute approximate surface area is 162 Å². The molecule has 3 aliphatic heterocycles. The van der Waals surface area contributed by atoms with Crippen molar-refractivity contribution in [3.05, 3.63) is 46.6 Å². The van der Waals surface area contributed by atoms with Crippen molar-refractivity contribution >= 4 is 17.5 Å². The first-order valence-corrected chi connectivity index (χ1v) is 9.82. The lowest BCUT2D eigenvalue weighted by Gasteiger charge is -2.38. The Bertz CT molecular complexity index is 769. The largest absolute Gasteiger partial charge is 0.366 e. The lowest BCUT2D eigenvalue weighted by Crippen LogP contribution is -2.54. The number of carbonyl (C=O) groups excluding carboxylic acids is 1. The van der Waals surface area contributed by atoms with Gasteiger partial charge in [0.1, 0.15) is 6.17 Å². The molecule has 2 saturated heterocycles. The van der Waals surface area contributed by atoms with Crippen molar-refractivity contribution in [3.63, 3.8) is 0 Å².